The van der Waals surface area contributed by atoms with Crippen LogP contribution in [0, 0.1) is 5.92 Å². The first-order valence-corrected chi connectivity index (χ1v) is 6.47. The van der Waals surface area contributed by atoms with Crippen molar-refractivity contribution < 1.29 is 14.3 Å². The third kappa shape index (κ3) is 5.49. The lowest BCUT2D eigenvalue weighted by Crippen LogP contribution is -2.37. The molecule has 1 heterocycles. The molecule has 0 spiro atoms. The average molecular weight is 256 g/mol. The van der Waals surface area contributed by atoms with Gasteiger partial charge < -0.3 is 15.0 Å². The molecule has 1 amide bonds. The van der Waals surface area contributed by atoms with Crippen LogP contribution in [0.3, 0.4) is 0 Å². The van der Waals surface area contributed by atoms with Crippen LogP contribution in [-0.4, -0.2) is 49.1 Å². The van der Waals surface area contributed by atoms with E-state index < -0.39 is 17.5 Å². The highest BCUT2D eigenvalue weighted by molar-refractivity contribution is 6.32. The van der Waals surface area contributed by atoms with E-state index in [2.05, 4.69) is 17.3 Å². The van der Waals surface area contributed by atoms with Crippen molar-refractivity contribution in [2.75, 3.05) is 26.7 Å². The molecule has 1 aliphatic heterocycles. The van der Waals surface area contributed by atoms with E-state index >= 15 is 0 Å². The van der Waals surface area contributed by atoms with Crippen LogP contribution >= 0.6 is 0 Å². The van der Waals surface area contributed by atoms with Gasteiger partial charge in [-0.25, -0.2) is 4.79 Å². The van der Waals surface area contributed by atoms with E-state index in [1.54, 1.807) is 20.8 Å². The number of rotatable bonds is 3. The molecular weight excluding hydrogens is 232 g/mol. The third-order valence-electron chi connectivity index (χ3n) is 2.91. The molecule has 0 saturated carbocycles. The summed E-state index contributed by atoms with van der Waals surface area (Å²) in [7, 11) is 2.10. The summed E-state index contributed by atoms with van der Waals surface area (Å²) in [4.78, 5) is 25.1. The molecule has 5 nitrogen and oxygen atoms in total. The molecule has 1 unspecified atom stereocenters. The maximum Gasteiger partial charge on any atom is 0.397 e. The van der Waals surface area contributed by atoms with Crippen molar-refractivity contribution in [1.29, 1.82) is 0 Å². The zero-order chi connectivity index (χ0) is 13.8. The summed E-state index contributed by atoms with van der Waals surface area (Å²) in [6.45, 7) is 7.95. The van der Waals surface area contributed by atoms with Gasteiger partial charge in [0.1, 0.15) is 5.60 Å². The highest BCUT2D eigenvalue weighted by Gasteiger charge is 2.23. The molecule has 1 rings (SSSR count). The van der Waals surface area contributed by atoms with Crippen LogP contribution in [0.2, 0.25) is 0 Å². The number of likely N-dealkylation sites (tertiary alicyclic amines) is 1. The SMILES string of the molecule is CN1CCC(CCNC(=O)C(=O)OC(C)(C)C)C1. The molecule has 18 heavy (non-hydrogen) atoms. The Morgan fingerprint density at radius 1 is 1.39 bits per heavy atom. The zero-order valence-electron chi connectivity index (χ0n) is 11.8. The fourth-order valence-electron chi connectivity index (χ4n) is 2.05. The zero-order valence-corrected chi connectivity index (χ0v) is 11.8. The Kier molecular flexibility index (Phi) is 5.14. The smallest absolute Gasteiger partial charge is 0.397 e. The number of nitrogens with zero attached hydrogens (tertiary/aromatic N) is 1. The van der Waals surface area contributed by atoms with Gasteiger partial charge in [-0.05, 0) is 53.1 Å². The van der Waals surface area contributed by atoms with Crippen molar-refractivity contribution in [3.8, 4) is 0 Å². The van der Waals surface area contributed by atoms with Gasteiger partial charge in [-0.2, -0.15) is 0 Å². The van der Waals surface area contributed by atoms with E-state index in [0.29, 0.717) is 12.5 Å². The lowest BCUT2D eigenvalue weighted by molar-refractivity contribution is -0.163. The first-order valence-electron chi connectivity index (χ1n) is 6.47. The maximum absolute atomic E-state index is 11.5. The van der Waals surface area contributed by atoms with Gasteiger partial charge in [0.15, 0.2) is 0 Å². The molecule has 1 N–H and O–H groups in total. The Labute approximate surface area is 109 Å². The molecule has 1 atom stereocenters. The predicted octanol–water partition coefficient (Wildman–Crippen LogP) is 0.786. The van der Waals surface area contributed by atoms with Crippen molar-refractivity contribution in [2.24, 2.45) is 5.92 Å². The summed E-state index contributed by atoms with van der Waals surface area (Å²) in [6, 6.07) is 0. The lowest BCUT2D eigenvalue weighted by Gasteiger charge is -2.19. The number of carbonyl (C=O) groups excluding carboxylic acids is 2. The average Bonchev–Trinajstić information content (AvgIpc) is 2.61. The summed E-state index contributed by atoms with van der Waals surface area (Å²) < 4.78 is 4.98. The maximum atomic E-state index is 11.5. The van der Waals surface area contributed by atoms with Crippen molar-refractivity contribution in [3.05, 3.63) is 0 Å². The number of hydrogen-bond donors (Lipinski definition) is 1. The van der Waals surface area contributed by atoms with Crippen molar-refractivity contribution in [1.82, 2.24) is 10.2 Å². The summed E-state index contributed by atoms with van der Waals surface area (Å²) in [5.41, 5.74) is -0.622. The molecule has 0 aromatic carbocycles. The molecule has 0 aromatic rings. The highest BCUT2D eigenvalue weighted by Crippen LogP contribution is 2.16. The van der Waals surface area contributed by atoms with Crippen LogP contribution in [0.25, 0.3) is 0 Å². The van der Waals surface area contributed by atoms with Gasteiger partial charge in [-0.1, -0.05) is 0 Å². The first-order chi connectivity index (χ1) is 8.28. The monoisotopic (exact) mass is 256 g/mol. The van der Waals surface area contributed by atoms with Gasteiger partial charge in [0.25, 0.3) is 0 Å². The number of esters is 1. The lowest BCUT2D eigenvalue weighted by atomic mass is 10.1. The second-order valence-electron chi connectivity index (χ2n) is 5.96. The van der Waals surface area contributed by atoms with Crippen molar-refractivity contribution in [2.45, 2.75) is 39.2 Å². The van der Waals surface area contributed by atoms with Crippen LogP contribution in [-0.2, 0) is 14.3 Å². The number of ether oxygens (including phenoxy) is 1. The second kappa shape index (κ2) is 6.18. The van der Waals surface area contributed by atoms with E-state index in [-0.39, 0.29) is 0 Å². The molecule has 1 saturated heterocycles. The molecule has 0 aliphatic carbocycles. The first kappa shape index (κ1) is 15.0. The van der Waals surface area contributed by atoms with E-state index in [1.165, 1.54) is 6.42 Å². The van der Waals surface area contributed by atoms with E-state index in [9.17, 15) is 9.59 Å². The highest BCUT2D eigenvalue weighted by atomic mass is 16.6. The third-order valence-corrected chi connectivity index (χ3v) is 2.91. The quantitative estimate of drug-likeness (QED) is 0.599. The molecule has 0 radical (unpaired) electrons. The van der Waals surface area contributed by atoms with Gasteiger partial charge in [-0.15, -0.1) is 0 Å². The summed E-state index contributed by atoms with van der Waals surface area (Å²) >= 11 is 0. The Morgan fingerprint density at radius 2 is 2.06 bits per heavy atom. The Balaban J connectivity index is 2.19. The molecular formula is C13H24N2O3. The molecule has 1 fully saturated rings. The van der Waals surface area contributed by atoms with Crippen molar-refractivity contribution >= 4 is 11.9 Å². The molecule has 0 bridgehead atoms. The minimum absolute atomic E-state index is 0.538. The van der Waals surface area contributed by atoms with Crippen LogP contribution in [0.4, 0.5) is 0 Å². The van der Waals surface area contributed by atoms with E-state index in [1.807, 2.05) is 0 Å². The van der Waals surface area contributed by atoms with Crippen LogP contribution in [0.15, 0.2) is 0 Å². The Hall–Kier alpha value is -1.10. The summed E-state index contributed by atoms with van der Waals surface area (Å²) in [6.07, 6.45) is 2.08. The number of nitrogens with one attached hydrogen (secondary N) is 1. The fraction of sp³-hybridized carbons (Fsp3) is 0.846. The number of hydrogen-bond acceptors (Lipinski definition) is 4. The minimum Gasteiger partial charge on any atom is -0.453 e. The number of amides is 1. The number of carbonyl (C=O) groups is 2. The van der Waals surface area contributed by atoms with Crippen LogP contribution < -0.4 is 5.32 Å². The summed E-state index contributed by atoms with van der Waals surface area (Å²) in [5.74, 6) is -0.823. The molecule has 5 heteroatoms. The van der Waals surface area contributed by atoms with Gasteiger partial charge in [0.2, 0.25) is 0 Å². The van der Waals surface area contributed by atoms with E-state index in [0.717, 1.165) is 19.5 Å². The largest absolute Gasteiger partial charge is 0.453 e. The Bertz CT molecular complexity index is 310. The van der Waals surface area contributed by atoms with Crippen molar-refractivity contribution in [3.63, 3.8) is 0 Å². The summed E-state index contributed by atoms with van der Waals surface area (Å²) in [5, 5.41) is 2.61. The van der Waals surface area contributed by atoms with E-state index in [4.69, 9.17) is 4.74 Å². The van der Waals surface area contributed by atoms with Gasteiger partial charge in [-0.3, -0.25) is 4.79 Å². The van der Waals surface area contributed by atoms with Gasteiger partial charge in [0, 0.05) is 13.1 Å². The second-order valence-corrected chi connectivity index (χ2v) is 5.96. The van der Waals surface area contributed by atoms with Crippen LogP contribution in [0.5, 0.6) is 0 Å². The predicted molar refractivity (Wildman–Crippen MR) is 69.1 cm³/mol. The fourth-order valence-corrected chi connectivity index (χ4v) is 2.05. The topological polar surface area (TPSA) is 58.6 Å². The standard InChI is InChI=1S/C13H24N2O3/c1-13(2,3)18-12(17)11(16)14-7-5-10-6-8-15(4)9-10/h10H,5-9H2,1-4H3,(H,14,16). The van der Waals surface area contributed by atoms with Gasteiger partial charge in [0.05, 0.1) is 0 Å². The molecule has 104 valence electrons. The normalized spacial score (nSPS) is 20.8. The van der Waals surface area contributed by atoms with Crippen LogP contribution in [0.1, 0.15) is 33.6 Å². The molecule has 1 aliphatic rings. The molecule has 0 aromatic heterocycles. The minimum atomic E-state index is -0.800. The van der Waals surface area contributed by atoms with Gasteiger partial charge >= 0.3 is 11.9 Å². The Morgan fingerprint density at radius 3 is 2.56 bits per heavy atom.